The second-order valence-corrected chi connectivity index (χ2v) is 17.4. The lowest BCUT2D eigenvalue weighted by Gasteiger charge is -2.29. The maximum atomic E-state index is 2.43. The smallest absolute Gasteiger partial charge is 0.0702 e. The van der Waals surface area contributed by atoms with E-state index in [0.717, 1.165) is 22.7 Å². The van der Waals surface area contributed by atoms with Crippen LogP contribution in [-0.2, 0) is 5.41 Å². The molecular formula is C61H44N2. The lowest BCUT2D eigenvalue weighted by Crippen LogP contribution is -2.14. The van der Waals surface area contributed by atoms with Gasteiger partial charge in [0.2, 0.25) is 0 Å². The molecule has 0 fully saturated rings. The highest BCUT2D eigenvalue weighted by molar-refractivity contribution is 6.10. The monoisotopic (exact) mass is 804 g/mol. The van der Waals surface area contributed by atoms with E-state index in [-0.39, 0.29) is 5.41 Å². The van der Waals surface area contributed by atoms with Crippen molar-refractivity contribution in [2.45, 2.75) is 19.3 Å². The molecular weight excluding hydrogens is 761 g/mol. The predicted molar refractivity (Wildman–Crippen MR) is 267 cm³/mol. The second-order valence-electron chi connectivity index (χ2n) is 17.4. The van der Waals surface area contributed by atoms with Crippen LogP contribution in [0.25, 0.3) is 82.8 Å². The summed E-state index contributed by atoms with van der Waals surface area (Å²) in [6, 6.07) is 84.6. The summed E-state index contributed by atoms with van der Waals surface area (Å²) in [6.07, 6.45) is 0. The number of rotatable bonds is 7. The minimum atomic E-state index is -0.0564. The molecule has 0 amide bonds. The summed E-state index contributed by atoms with van der Waals surface area (Å²) in [5.41, 5.74) is 19.4. The van der Waals surface area contributed by atoms with Crippen molar-refractivity contribution < 1.29 is 0 Å². The van der Waals surface area contributed by atoms with Gasteiger partial charge in [-0.25, -0.2) is 0 Å². The third-order valence-corrected chi connectivity index (χ3v) is 13.4. The summed E-state index contributed by atoms with van der Waals surface area (Å²) in [7, 11) is 0. The Bertz CT molecular complexity index is 3480. The van der Waals surface area contributed by atoms with E-state index in [1.807, 2.05) is 0 Å². The molecule has 1 aliphatic carbocycles. The summed E-state index contributed by atoms with van der Waals surface area (Å²) < 4.78 is 2.43. The van der Waals surface area contributed by atoms with E-state index < -0.39 is 0 Å². The first-order valence-electron chi connectivity index (χ1n) is 21.9. The molecule has 0 saturated heterocycles. The number of hydrogen-bond acceptors (Lipinski definition) is 1. The molecule has 0 aliphatic heterocycles. The highest BCUT2D eigenvalue weighted by Gasteiger charge is 2.35. The molecule has 0 saturated carbocycles. The van der Waals surface area contributed by atoms with Crippen molar-refractivity contribution in [2.75, 3.05) is 4.90 Å². The first-order valence-corrected chi connectivity index (χ1v) is 21.9. The van der Waals surface area contributed by atoms with Crippen LogP contribution < -0.4 is 4.90 Å². The molecule has 0 unspecified atom stereocenters. The van der Waals surface area contributed by atoms with E-state index in [2.05, 4.69) is 254 Å². The molecule has 11 aromatic rings. The molecule has 1 heterocycles. The standard InChI is InChI=1S/C61H44N2/c1-61(2)55-21-8-5-18-51(55)52-37-32-48(40-56(52)61)43-30-35-50(36-31-43)62(59-24-11-12-25-60(59)63-57-22-9-6-19-53(57)54-20-7-10-23-58(54)63)49-33-28-42(29-34-49)45-16-13-17-46(38-45)47-27-26-41-14-3-4-15-44(41)39-47/h3-40H,1-2H3. The third kappa shape index (κ3) is 6.09. The normalized spacial score (nSPS) is 12.7. The van der Waals surface area contributed by atoms with Crippen molar-refractivity contribution in [3.63, 3.8) is 0 Å². The molecule has 12 rings (SSSR count). The number of anilines is 3. The quantitative estimate of drug-likeness (QED) is 0.156. The molecule has 1 aromatic heterocycles. The van der Waals surface area contributed by atoms with Gasteiger partial charge in [0.15, 0.2) is 0 Å². The fourth-order valence-corrected chi connectivity index (χ4v) is 10.2. The molecule has 63 heavy (non-hydrogen) atoms. The van der Waals surface area contributed by atoms with E-state index in [1.165, 1.54) is 88.2 Å². The summed E-state index contributed by atoms with van der Waals surface area (Å²) in [5.74, 6) is 0. The van der Waals surface area contributed by atoms with Crippen LogP contribution in [0.15, 0.2) is 231 Å². The van der Waals surface area contributed by atoms with Gasteiger partial charge in [0.05, 0.1) is 22.4 Å². The zero-order valence-corrected chi connectivity index (χ0v) is 35.3. The summed E-state index contributed by atoms with van der Waals surface area (Å²) in [4.78, 5) is 2.42. The van der Waals surface area contributed by atoms with E-state index >= 15 is 0 Å². The Hall–Kier alpha value is -7.94. The molecule has 0 spiro atoms. The van der Waals surface area contributed by atoms with Gasteiger partial charge < -0.3 is 9.47 Å². The molecule has 0 bridgehead atoms. The van der Waals surface area contributed by atoms with Crippen LogP contribution in [0.4, 0.5) is 17.1 Å². The fraction of sp³-hybridized carbons (Fsp3) is 0.0492. The van der Waals surface area contributed by atoms with Gasteiger partial charge >= 0.3 is 0 Å². The van der Waals surface area contributed by atoms with Crippen LogP contribution in [-0.4, -0.2) is 4.57 Å². The SMILES string of the molecule is CC1(C)c2ccccc2-c2ccc(-c3ccc(N(c4ccc(-c5cccc(-c6ccc7ccccc7c6)c5)cc4)c4ccccc4-n4c5ccccc5c5ccccc54)cc3)cc21. The van der Waals surface area contributed by atoms with Crippen LogP contribution in [0.1, 0.15) is 25.0 Å². The first kappa shape index (κ1) is 36.9. The Morgan fingerprint density at radius 3 is 1.57 bits per heavy atom. The zero-order chi connectivity index (χ0) is 42.1. The van der Waals surface area contributed by atoms with E-state index in [0.29, 0.717) is 0 Å². The number of hydrogen-bond donors (Lipinski definition) is 0. The average molecular weight is 805 g/mol. The molecule has 0 atom stereocenters. The van der Waals surface area contributed by atoms with Crippen LogP contribution in [0.3, 0.4) is 0 Å². The highest BCUT2D eigenvalue weighted by atomic mass is 15.2. The zero-order valence-electron chi connectivity index (χ0n) is 35.3. The Morgan fingerprint density at radius 2 is 0.857 bits per heavy atom. The molecule has 10 aromatic carbocycles. The fourth-order valence-electron chi connectivity index (χ4n) is 10.2. The third-order valence-electron chi connectivity index (χ3n) is 13.4. The van der Waals surface area contributed by atoms with Gasteiger partial charge in [0.25, 0.3) is 0 Å². The second kappa shape index (κ2) is 14.6. The minimum absolute atomic E-state index is 0.0564. The van der Waals surface area contributed by atoms with Gasteiger partial charge in [-0.2, -0.15) is 0 Å². The van der Waals surface area contributed by atoms with Crippen molar-refractivity contribution in [1.29, 1.82) is 0 Å². The van der Waals surface area contributed by atoms with Crippen LogP contribution >= 0.6 is 0 Å². The number of benzene rings is 10. The lowest BCUT2D eigenvalue weighted by molar-refractivity contribution is 0.660. The Morgan fingerprint density at radius 1 is 0.349 bits per heavy atom. The predicted octanol–water partition coefficient (Wildman–Crippen LogP) is 16.7. The molecule has 1 aliphatic rings. The van der Waals surface area contributed by atoms with Gasteiger partial charge in [-0.1, -0.05) is 178 Å². The number of aromatic nitrogens is 1. The van der Waals surface area contributed by atoms with Crippen molar-refractivity contribution in [1.82, 2.24) is 4.57 Å². The van der Waals surface area contributed by atoms with E-state index in [1.54, 1.807) is 0 Å². The maximum Gasteiger partial charge on any atom is 0.0702 e. The number of fused-ring (bicyclic) bond motifs is 7. The van der Waals surface area contributed by atoms with E-state index in [4.69, 9.17) is 0 Å². The first-order chi connectivity index (χ1) is 31.0. The van der Waals surface area contributed by atoms with Crippen molar-refractivity contribution in [2.24, 2.45) is 0 Å². The van der Waals surface area contributed by atoms with Gasteiger partial charge in [0, 0.05) is 27.6 Å². The topological polar surface area (TPSA) is 8.17 Å². The van der Waals surface area contributed by atoms with Gasteiger partial charge in [0.1, 0.15) is 0 Å². The van der Waals surface area contributed by atoms with Crippen molar-refractivity contribution in [3.05, 3.63) is 242 Å². The summed E-state index contributed by atoms with van der Waals surface area (Å²) in [6.45, 7) is 4.70. The summed E-state index contributed by atoms with van der Waals surface area (Å²) in [5, 5.41) is 5.00. The molecule has 2 nitrogen and oxygen atoms in total. The summed E-state index contributed by atoms with van der Waals surface area (Å²) >= 11 is 0. The molecule has 0 N–H and O–H groups in total. The van der Waals surface area contributed by atoms with Gasteiger partial charge in [-0.3, -0.25) is 0 Å². The van der Waals surface area contributed by atoms with Crippen LogP contribution in [0.2, 0.25) is 0 Å². The highest BCUT2D eigenvalue weighted by Crippen LogP contribution is 2.50. The van der Waals surface area contributed by atoms with E-state index in [9.17, 15) is 0 Å². The van der Waals surface area contributed by atoms with Crippen molar-refractivity contribution in [3.8, 4) is 50.2 Å². The largest absolute Gasteiger partial charge is 0.308 e. The molecule has 298 valence electrons. The molecule has 2 heteroatoms. The Kier molecular flexibility index (Phi) is 8.55. The number of para-hydroxylation sites is 4. The Labute approximate surface area is 368 Å². The Balaban J connectivity index is 0.969. The maximum absolute atomic E-state index is 2.43. The van der Waals surface area contributed by atoms with Crippen LogP contribution in [0.5, 0.6) is 0 Å². The minimum Gasteiger partial charge on any atom is -0.308 e. The lowest BCUT2D eigenvalue weighted by atomic mass is 9.81. The van der Waals surface area contributed by atoms with Gasteiger partial charge in [-0.05, 0) is 133 Å². The van der Waals surface area contributed by atoms with Crippen LogP contribution in [0, 0.1) is 0 Å². The average Bonchev–Trinajstić information content (AvgIpc) is 3.80. The van der Waals surface area contributed by atoms with Gasteiger partial charge in [-0.15, -0.1) is 0 Å². The molecule has 0 radical (unpaired) electrons. The van der Waals surface area contributed by atoms with Crippen molar-refractivity contribution >= 4 is 49.6 Å². The number of nitrogens with zero attached hydrogens (tertiary/aromatic N) is 2.